The van der Waals surface area contributed by atoms with Crippen LogP contribution in [0.1, 0.15) is 47.1 Å². The van der Waals surface area contributed by atoms with Crippen LogP contribution >= 0.6 is 0 Å². The molecule has 0 saturated carbocycles. The Bertz CT molecular complexity index is 1120. The highest BCUT2D eigenvalue weighted by Crippen LogP contribution is 2.38. The fourth-order valence-electron chi connectivity index (χ4n) is 4.85. The van der Waals surface area contributed by atoms with Crippen LogP contribution in [-0.2, 0) is 11.2 Å². The summed E-state index contributed by atoms with van der Waals surface area (Å²) >= 11 is 0. The molecule has 1 aromatic carbocycles. The number of carbonyl (C=O) groups excluding carboxylic acids is 2. The Hall–Kier alpha value is -3.48. The lowest BCUT2D eigenvalue weighted by molar-refractivity contribution is -0.133. The Morgan fingerprint density at radius 1 is 1.18 bits per heavy atom. The first-order valence-corrected chi connectivity index (χ1v) is 11.4. The first kappa shape index (κ1) is 22.7. The van der Waals surface area contributed by atoms with Gasteiger partial charge in [0.2, 0.25) is 5.91 Å². The fraction of sp³-hybridized carbons (Fsp3) is 0.385. The van der Waals surface area contributed by atoms with E-state index in [9.17, 15) is 9.59 Å². The first-order valence-electron chi connectivity index (χ1n) is 11.4. The normalized spacial score (nSPS) is 18.2. The van der Waals surface area contributed by atoms with Crippen LogP contribution in [0.4, 0.5) is 0 Å². The van der Waals surface area contributed by atoms with Crippen LogP contribution in [-0.4, -0.2) is 46.5 Å². The Labute approximate surface area is 194 Å². The summed E-state index contributed by atoms with van der Waals surface area (Å²) in [7, 11) is 0. The van der Waals surface area contributed by atoms with Gasteiger partial charge in [-0.1, -0.05) is 35.5 Å². The standard InChI is InChI=1S/C26H30N4O3/c1-4-28-25(32)26(15-20-9-5-6-11-22(20)21-10-7-13-27-16-21)12-8-14-30(17-26)24(31)23-18(2)29-33-19(23)3/h5-7,9-11,13,16H,4,8,12,14-15,17H2,1-3H3,(H,28,32)/t26-/m1/s1. The number of likely N-dealkylation sites (tertiary alicyclic amines) is 1. The number of nitrogens with zero attached hydrogens (tertiary/aromatic N) is 3. The lowest BCUT2D eigenvalue weighted by Gasteiger charge is -2.42. The Balaban J connectivity index is 1.70. The van der Waals surface area contributed by atoms with Gasteiger partial charge < -0.3 is 14.7 Å². The molecule has 1 fully saturated rings. The number of benzene rings is 1. The van der Waals surface area contributed by atoms with Gasteiger partial charge in [-0.15, -0.1) is 0 Å². The molecule has 1 aliphatic heterocycles. The highest BCUT2D eigenvalue weighted by molar-refractivity contribution is 5.97. The summed E-state index contributed by atoms with van der Waals surface area (Å²) in [5.74, 6) is 0.371. The summed E-state index contributed by atoms with van der Waals surface area (Å²) < 4.78 is 5.22. The Morgan fingerprint density at radius 2 is 2.00 bits per heavy atom. The molecule has 0 bridgehead atoms. The molecule has 1 aliphatic rings. The number of carbonyl (C=O) groups is 2. The van der Waals surface area contributed by atoms with Crippen molar-refractivity contribution in [3.63, 3.8) is 0 Å². The quantitative estimate of drug-likeness (QED) is 0.619. The first-order chi connectivity index (χ1) is 15.9. The maximum absolute atomic E-state index is 13.5. The number of pyridine rings is 1. The molecule has 1 saturated heterocycles. The average molecular weight is 447 g/mol. The Kier molecular flexibility index (Phi) is 6.58. The lowest BCUT2D eigenvalue weighted by atomic mass is 9.73. The van der Waals surface area contributed by atoms with Crippen LogP contribution in [0.15, 0.2) is 53.3 Å². The second kappa shape index (κ2) is 9.57. The summed E-state index contributed by atoms with van der Waals surface area (Å²) in [5, 5.41) is 6.97. The summed E-state index contributed by atoms with van der Waals surface area (Å²) in [5.41, 5.74) is 3.50. The highest BCUT2D eigenvalue weighted by Gasteiger charge is 2.44. The van der Waals surface area contributed by atoms with Crippen molar-refractivity contribution in [1.29, 1.82) is 0 Å². The molecule has 7 nitrogen and oxygen atoms in total. The zero-order chi connectivity index (χ0) is 23.4. The van der Waals surface area contributed by atoms with Gasteiger partial charge in [-0.25, -0.2) is 0 Å². The summed E-state index contributed by atoms with van der Waals surface area (Å²) in [6.45, 7) is 6.94. The minimum atomic E-state index is -0.721. The zero-order valence-corrected chi connectivity index (χ0v) is 19.4. The molecule has 3 heterocycles. The van der Waals surface area contributed by atoms with Crippen molar-refractivity contribution in [1.82, 2.24) is 20.4 Å². The number of nitrogens with one attached hydrogen (secondary N) is 1. The monoisotopic (exact) mass is 446 g/mol. The predicted molar refractivity (Wildman–Crippen MR) is 126 cm³/mol. The van der Waals surface area contributed by atoms with Crippen molar-refractivity contribution < 1.29 is 14.1 Å². The molecule has 2 amide bonds. The minimum absolute atomic E-state index is 0.0118. The molecule has 0 spiro atoms. The van der Waals surface area contributed by atoms with Crippen molar-refractivity contribution in [2.45, 2.75) is 40.0 Å². The molecule has 0 aliphatic carbocycles. The topological polar surface area (TPSA) is 88.3 Å². The molecule has 1 N–H and O–H groups in total. The van der Waals surface area contributed by atoms with E-state index in [2.05, 4.69) is 27.6 Å². The summed E-state index contributed by atoms with van der Waals surface area (Å²) in [4.78, 5) is 32.9. The molecule has 7 heteroatoms. The molecule has 172 valence electrons. The number of piperidine rings is 1. The van der Waals surface area contributed by atoms with Gasteiger partial charge in [-0.3, -0.25) is 14.6 Å². The third-order valence-corrected chi connectivity index (χ3v) is 6.45. The van der Waals surface area contributed by atoms with E-state index in [4.69, 9.17) is 4.52 Å². The van der Waals surface area contributed by atoms with E-state index in [1.807, 2.05) is 37.4 Å². The maximum Gasteiger partial charge on any atom is 0.259 e. The third-order valence-electron chi connectivity index (χ3n) is 6.45. The van der Waals surface area contributed by atoms with Crippen molar-refractivity contribution in [2.24, 2.45) is 5.41 Å². The van der Waals surface area contributed by atoms with Gasteiger partial charge >= 0.3 is 0 Å². The van der Waals surface area contributed by atoms with E-state index < -0.39 is 5.41 Å². The predicted octanol–water partition coefficient (Wildman–Crippen LogP) is 3.95. The molecule has 0 radical (unpaired) electrons. The van der Waals surface area contributed by atoms with Gasteiger partial charge in [0.25, 0.3) is 5.91 Å². The molecule has 3 aromatic rings. The molecule has 2 aromatic heterocycles. The van der Waals surface area contributed by atoms with Gasteiger partial charge in [0.05, 0.1) is 11.1 Å². The SMILES string of the molecule is CCNC(=O)[C@@]1(Cc2ccccc2-c2cccnc2)CCCN(C(=O)c2c(C)noc2C)C1. The van der Waals surface area contributed by atoms with Gasteiger partial charge in [-0.05, 0) is 57.2 Å². The average Bonchev–Trinajstić information content (AvgIpc) is 3.17. The van der Waals surface area contributed by atoms with Gasteiger partial charge in [0, 0.05) is 37.6 Å². The summed E-state index contributed by atoms with van der Waals surface area (Å²) in [6, 6.07) is 12.1. The Morgan fingerprint density at radius 3 is 2.70 bits per heavy atom. The van der Waals surface area contributed by atoms with E-state index in [0.29, 0.717) is 49.5 Å². The smallest absolute Gasteiger partial charge is 0.259 e. The third kappa shape index (κ3) is 4.53. The van der Waals surface area contributed by atoms with E-state index in [1.54, 1.807) is 24.9 Å². The molecule has 1 atom stereocenters. The maximum atomic E-state index is 13.5. The summed E-state index contributed by atoms with van der Waals surface area (Å²) in [6.07, 6.45) is 5.59. The number of aromatic nitrogens is 2. The highest BCUT2D eigenvalue weighted by atomic mass is 16.5. The molecule has 4 rings (SSSR count). The van der Waals surface area contributed by atoms with Crippen LogP contribution in [0.25, 0.3) is 11.1 Å². The number of hydrogen-bond donors (Lipinski definition) is 1. The number of aryl methyl sites for hydroxylation is 2. The molecular weight excluding hydrogens is 416 g/mol. The van der Waals surface area contributed by atoms with E-state index in [-0.39, 0.29) is 11.8 Å². The van der Waals surface area contributed by atoms with Crippen molar-refractivity contribution in [2.75, 3.05) is 19.6 Å². The molecule has 0 unspecified atom stereocenters. The van der Waals surface area contributed by atoms with E-state index in [1.165, 1.54) is 0 Å². The molecular formula is C26H30N4O3. The second-order valence-corrected chi connectivity index (χ2v) is 8.74. The van der Waals surface area contributed by atoms with Crippen LogP contribution in [0.2, 0.25) is 0 Å². The molecule has 33 heavy (non-hydrogen) atoms. The van der Waals surface area contributed by atoms with Crippen LogP contribution < -0.4 is 5.32 Å². The zero-order valence-electron chi connectivity index (χ0n) is 19.4. The van der Waals surface area contributed by atoms with Crippen LogP contribution in [0.5, 0.6) is 0 Å². The van der Waals surface area contributed by atoms with Crippen molar-refractivity contribution in [3.05, 3.63) is 71.4 Å². The number of amides is 2. The fourth-order valence-corrected chi connectivity index (χ4v) is 4.85. The lowest BCUT2D eigenvalue weighted by Crippen LogP contribution is -2.54. The number of rotatable bonds is 6. The second-order valence-electron chi connectivity index (χ2n) is 8.74. The van der Waals surface area contributed by atoms with E-state index >= 15 is 0 Å². The van der Waals surface area contributed by atoms with Crippen LogP contribution in [0, 0.1) is 19.3 Å². The minimum Gasteiger partial charge on any atom is -0.361 e. The van der Waals surface area contributed by atoms with Crippen molar-refractivity contribution in [3.8, 4) is 11.1 Å². The van der Waals surface area contributed by atoms with Gasteiger partial charge in [0.15, 0.2) is 0 Å². The van der Waals surface area contributed by atoms with Crippen LogP contribution in [0.3, 0.4) is 0 Å². The van der Waals surface area contributed by atoms with E-state index in [0.717, 1.165) is 23.1 Å². The largest absolute Gasteiger partial charge is 0.361 e. The van der Waals surface area contributed by atoms with Crippen molar-refractivity contribution >= 4 is 11.8 Å². The van der Waals surface area contributed by atoms with Gasteiger partial charge in [-0.2, -0.15) is 0 Å². The van der Waals surface area contributed by atoms with Gasteiger partial charge in [0.1, 0.15) is 11.3 Å². The number of hydrogen-bond acceptors (Lipinski definition) is 5.